The van der Waals surface area contributed by atoms with E-state index in [2.05, 4.69) is 26.2 Å². The Morgan fingerprint density at radius 2 is 2.00 bits per heavy atom. The summed E-state index contributed by atoms with van der Waals surface area (Å²) in [6.07, 6.45) is 1.77. The average molecular weight is 309 g/mol. The Labute approximate surface area is 114 Å². The van der Waals surface area contributed by atoms with Gasteiger partial charge in [-0.3, -0.25) is 0 Å². The first kappa shape index (κ1) is 13.0. The first-order chi connectivity index (χ1) is 8.56. The average Bonchev–Trinajstić information content (AvgIpc) is 2.35. The van der Waals surface area contributed by atoms with E-state index in [1.807, 2.05) is 19.1 Å². The molecule has 94 valence electrons. The monoisotopic (exact) mass is 308 g/mol. The number of rotatable bonds is 3. The van der Waals surface area contributed by atoms with E-state index in [4.69, 9.17) is 0 Å². The van der Waals surface area contributed by atoms with E-state index < -0.39 is 0 Å². The predicted molar refractivity (Wildman–Crippen MR) is 75.1 cm³/mol. The molecule has 2 nitrogen and oxygen atoms in total. The summed E-state index contributed by atoms with van der Waals surface area (Å²) in [4.78, 5) is 4.22. The number of hydrogen-bond acceptors (Lipinski definition) is 2. The van der Waals surface area contributed by atoms with Crippen molar-refractivity contribution in [1.82, 2.24) is 4.98 Å². The molecule has 0 bridgehead atoms. The van der Waals surface area contributed by atoms with Crippen LogP contribution in [0.1, 0.15) is 16.7 Å². The number of hydrogen-bond donors (Lipinski definition) is 1. The number of aromatic nitrogens is 1. The van der Waals surface area contributed by atoms with Crippen LogP contribution in [-0.4, -0.2) is 4.98 Å². The third-order valence-electron chi connectivity index (χ3n) is 2.73. The molecule has 0 fully saturated rings. The topological polar surface area (TPSA) is 24.9 Å². The fourth-order valence-electron chi connectivity index (χ4n) is 1.68. The molecule has 1 N–H and O–H groups in total. The second-order valence-electron chi connectivity index (χ2n) is 4.27. The molecule has 2 rings (SSSR count). The normalized spacial score (nSPS) is 10.4. The minimum Gasteiger partial charge on any atom is -0.380 e. The number of anilines is 1. The Kier molecular flexibility index (Phi) is 3.97. The molecule has 0 radical (unpaired) electrons. The van der Waals surface area contributed by atoms with Gasteiger partial charge in [-0.2, -0.15) is 0 Å². The van der Waals surface area contributed by atoms with Gasteiger partial charge in [0.1, 0.15) is 10.4 Å². The van der Waals surface area contributed by atoms with E-state index in [1.54, 1.807) is 19.2 Å². The van der Waals surface area contributed by atoms with Gasteiger partial charge in [-0.25, -0.2) is 9.37 Å². The van der Waals surface area contributed by atoms with Crippen LogP contribution in [0.15, 0.2) is 35.1 Å². The minimum absolute atomic E-state index is 0.167. The highest BCUT2D eigenvalue weighted by Gasteiger charge is 2.01. The fourth-order valence-corrected chi connectivity index (χ4v) is 1.89. The molecule has 4 heteroatoms. The van der Waals surface area contributed by atoms with Crippen molar-refractivity contribution in [2.75, 3.05) is 5.32 Å². The number of pyridine rings is 1. The third-order valence-corrected chi connectivity index (χ3v) is 3.56. The van der Waals surface area contributed by atoms with Crippen LogP contribution in [0.2, 0.25) is 0 Å². The van der Waals surface area contributed by atoms with Gasteiger partial charge in [0.05, 0.1) is 11.9 Å². The summed E-state index contributed by atoms with van der Waals surface area (Å²) in [7, 11) is 0. The maximum absolute atomic E-state index is 13.1. The van der Waals surface area contributed by atoms with Crippen molar-refractivity contribution in [2.45, 2.75) is 20.4 Å². The van der Waals surface area contributed by atoms with Crippen LogP contribution in [0.3, 0.4) is 0 Å². The Hall–Kier alpha value is -1.42. The summed E-state index contributed by atoms with van der Waals surface area (Å²) in [5.74, 6) is -0.167. The molecular formula is C14H14BrFN2. The summed E-state index contributed by atoms with van der Waals surface area (Å²) in [6.45, 7) is 4.42. The molecule has 1 aromatic heterocycles. The molecule has 2 aromatic rings. The van der Waals surface area contributed by atoms with Gasteiger partial charge in [-0.05, 0) is 58.6 Å². The fraction of sp³-hybridized carbons (Fsp3) is 0.214. The van der Waals surface area contributed by atoms with Gasteiger partial charge in [0.2, 0.25) is 0 Å². The highest BCUT2D eigenvalue weighted by atomic mass is 79.9. The lowest BCUT2D eigenvalue weighted by Crippen LogP contribution is -2.01. The number of aryl methyl sites for hydroxylation is 2. The van der Waals surface area contributed by atoms with Crippen LogP contribution >= 0.6 is 15.9 Å². The molecule has 0 aliphatic heterocycles. The Morgan fingerprint density at radius 3 is 2.67 bits per heavy atom. The van der Waals surface area contributed by atoms with E-state index in [-0.39, 0.29) is 5.82 Å². The zero-order valence-corrected chi connectivity index (χ0v) is 11.9. The van der Waals surface area contributed by atoms with Gasteiger partial charge in [-0.15, -0.1) is 0 Å². The molecule has 1 aromatic carbocycles. The zero-order valence-electron chi connectivity index (χ0n) is 10.3. The summed E-state index contributed by atoms with van der Waals surface area (Å²) in [6, 6.07) is 7.15. The lowest BCUT2D eigenvalue weighted by molar-refractivity contribution is 0.617. The molecule has 0 saturated carbocycles. The number of benzene rings is 1. The van der Waals surface area contributed by atoms with Crippen LogP contribution in [0.5, 0.6) is 0 Å². The smallest absolute Gasteiger partial charge is 0.126 e. The van der Waals surface area contributed by atoms with Crippen LogP contribution in [0.25, 0.3) is 0 Å². The molecule has 0 spiro atoms. The van der Waals surface area contributed by atoms with Gasteiger partial charge in [0.15, 0.2) is 0 Å². The molecule has 0 aliphatic rings. The molecule has 0 saturated heterocycles. The van der Waals surface area contributed by atoms with Gasteiger partial charge in [-0.1, -0.05) is 12.1 Å². The maximum atomic E-state index is 13.1. The van der Waals surface area contributed by atoms with Crippen LogP contribution in [-0.2, 0) is 6.54 Å². The van der Waals surface area contributed by atoms with Gasteiger partial charge >= 0.3 is 0 Å². The maximum Gasteiger partial charge on any atom is 0.126 e. The van der Waals surface area contributed by atoms with Crippen molar-refractivity contribution in [1.29, 1.82) is 0 Å². The number of halogens is 2. The Balaban J connectivity index is 2.06. The lowest BCUT2D eigenvalue weighted by atomic mass is 10.1. The van der Waals surface area contributed by atoms with E-state index in [0.29, 0.717) is 12.1 Å². The number of nitrogens with zero attached hydrogens (tertiary/aromatic N) is 1. The van der Waals surface area contributed by atoms with Gasteiger partial charge in [0.25, 0.3) is 0 Å². The van der Waals surface area contributed by atoms with E-state index in [0.717, 1.165) is 21.4 Å². The van der Waals surface area contributed by atoms with E-state index in [9.17, 15) is 4.39 Å². The van der Waals surface area contributed by atoms with E-state index >= 15 is 0 Å². The molecule has 1 heterocycles. The van der Waals surface area contributed by atoms with Crippen molar-refractivity contribution in [3.63, 3.8) is 0 Å². The van der Waals surface area contributed by atoms with Gasteiger partial charge in [0, 0.05) is 6.54 Å². The standard InChI is InChI=1S/C14H14BrFN2/c1-9-5-11(3-4-13(9)16)7-17-12-6-10(2)14(15)18-8-12/h3-6,8,17H,7H2,1-2H3. The first-order valence-corrected chi connectivity index (χ1v) is 6.46. The summed E-state index contributed by atoms with van der Waals surface area (Å²) in [5.41, 5.74) is 3.75. The van der Waals surface area contributed by atoms with Crippen molar-refractivity contribution in [2.24, 2.45) is 0 Å². The molecule has 0 aliphatic carbocycles. The van der Waals surface area contributed by atoms with Crippen LogP contribution in [0.4, 0.5) is 10.1 Å². The molecule has 18 heavy (non-hydrogen) atoms. The predicted octanol–water partition coefficient (Wildman–Crippen LogP) is 4.21. The summed E-state index contributed by atoms with van der Waals surface area (Å²) < 4.78 is 14.0. The highest BCUT2D eigenvalue weighted by molar-refractivity contribution is 9.10. The SMILES string of the molecule is Cc1cc(CNc2cnc(Br)c(C)c2)ccc1F. The molecular weight excluding hydrogens is 295 g/mol. The second kappa shape index (κ2) is 5.48. The minimum atomic E-state index is -0.167. The van der Waals surface area contributed by atoms with Crippen molar-refractivity contribution in [3.05, 3.63) is 57.6 Å². The van der Waals surface area contributed by atoms with Crippen LogP contribution < -0.4 is 5.32 Å². The zero-order chi connectivity index (χ0) is 13.1. The molecule has 0 amide bonds. The third kappa shape index (κ3) is 3.07. The van der Waals surface area contributed by atoms with Gasteiger partial charge < -0.3 is 5.32 Å². The van der Waals surface area contributed by atoms with E-state index in [1.165, 1.54) is 6.07 Å². The number of nitrogens with one attached hydrogen (secondary N) is 1. The van der Waals surface area contributed by atoms with Crippen molar-refractivity contribution < 1.29 is 4.39 Å². The highest BCUT2D eigenvalue weighted by Crippen LogP contribution is 2.17. The largest absolute Gasteiger partial charge is 0.380 e. The summed E-state index contributed by atoms with van der Waals surface area (Å²) in [5, 5.41) is 3.27. The first-order valence-electron chi connectivity index (χ1n) is 5.67. The Bertz CT molecular complexity index is 518. The molecule has 0 atom stereocenters. The molecule has 0 unspecified atom stereocenters. The Morgan fingerprint density at radius 1 is 1.22 bits per heavy atom. The van der Waals surface area contributed by atoms with Crippen molar-refractivity contribution in [3.8, 4) is 0 Å². The van der Waals surface area contributed by atoms with Crippen molar-refractivity contribution >= 4 is 21.6 Å². The second-order valence-corrected chi connectivity index (χ2v) is 5.02. The quantitative estimate of drug-likeness (QED) is 0.859. The summed E-state index contributed by atoms with van der Waals surface area (Å²) >= 11 is 3.36. The van der Waals surface area contributed by atoms with Crippen LogP contribution in [0, 0.1) is 19.7 Å². The lowest BCUT2D eigenvalue weighted by Gasteiger charge is -2.08.